The second-order valence-electron chi connectivity index (χ2n) is 2.84. The van der Waals surface area contributed by atoms with Crippen LogP contribution in [0.2, 0.25) is 0 Å². The Morgan fingerprint density at radius 2 is 1.43 bits per heavy atom. The van der Waals surface area contributed by atoms with E-state index in [0.717, 1.165) is 25.7 Å². The second-order valence-corrected chi connectivity index (χ2v) is 4.30. The third-order valence-electron chi connectivity index (χ3n) is 1.50. The minimum atomic E-state index is -3.75. The summed E-state index contributed by atoms with van der Waals surface area (Å²) in [6.45, 7) is 4.56. The Balaban J connectivity index is 0. The van der Waals surface area contributed by atoms with Crippen LogP contribution in [-0.4, -0.2) is 18.1 Å². The molecule has 0 aromatic heterocycles. The van der Waals surface area contributed by atoms with E-state index in [4.69, 9.17) is 13.9 Å². The number of hydrogen-bond donors (Lipinski definition) is 1. The molecule has 1 N–H and O–H groups in total. The summed E-state index contributed by atoms with van der Waals surface area (Å²) in [5.74, 6) is 0. The van der Waals surface area contributed by atoms with E-state index in [1.54, 1.807) is 0 Å². The minimum Gasteiger partial charge on any atom is -0.302 e. The van der Waals surface area contributed by atoms with Gasteiger partial charge < -0.3 is 4.89 Å². The molecule has 0 heterocycles. The fourth-order valence-corrected chi connectivity index (χ4v) is 1.48. The molecule has 0 spiro atoms. The molecule has 0 radical (unpaired) electrons. The maximum absolute atomic E-state index is 11.1. The Hall–Kier alpha value is 1.03. The van der Waals surface area contributed by atoms with E-state index in [1.807, 2.05) is 13.8 Å². The number of unbranched alkanes of at least 4 members (excludes halogenated alkanes) is 2. The minimum absolute atomic E-state index is 0. The maximum atomic E-state index is 11.1. The summed E-state index contributed by atoms with van der Waals surface area (Å²) in [5, 5.41) is 0. The van der Waals surface area contributed by atoms with Gasteiger partial charge in [0.2, 0.25) is 0 Å². The molecule has 0 aliphatic carbocycles. The van der Waals surface area contributed by atoms with E-state index in [1.165, 1.54) is 0 Å². The van der Waals surface area contributed by atoms with Crippen LogP contribution in [0.25, 0.3) is 0 Å². The zero-order valence-corrected chi connectivity index (χ0v) is 14.0. The molecule has 0 aromatic carbocycles. The van der Waals surface area contributed by atoms with Crippen LogP contribution in [0.3, 0.4) is 0 Å². The van der Waals surface area contributed by atoms with Gasteiger partial charge in [0, 0.05) is 27.3 Å². The van der Waals surface area contributed by atoms with Gasteiger partial charge in [-0.25, -0.2) is 4.57 Å². The molecular weight excluding hydrogens is 303 g/mol. The molecule has 14 heavy (non-hydrogen) atoms. The predicted octanol–water partition coefficient (Wildman–Crippen LogP) is 2.72. The first-order chi connectivity index (χ1) is 6.12. The van der Waals surface area contributed by atoms with Gasteiger partial charge in [-0.05, 0) is 12.8 Å². The number of phosphoric acid groups is 1. The Morgan fingerprint density at radius 3 is 1.71 bits per heavy atom. The largest absolute Gasteiger partial charge is 0.472 e. The van der Waals surface area contributed by atoms with E-state index in [0.29, 0.717) is 0 Å². The summed E-state index contributed by atoms with van der Waals surface area (Å²) < 4.78 is 20.5. The van der Waals surface area contributed by atoms with Crippen molar-refractivity contribution < 1.29 is 45.8 Å². The quantitative estimate of drug-likeness (QED) is 0.424. The van der Waals surface area contributed by atoms with Crippen molar-refractivity contribution in [1.82, 2.24) is 0 Å². The number of rotatable bonds is 8. The number of hydrogen-bond acceptors (Lipinski definition) is 3. The Kier molecular flexibility index (Phi) is 13.1. The monoisotopic (exact) mass is 324 g/mol. The Labute approximate surface area is 106 Å². The van der Waals surface area contributed by atoms with Crippen molar-refractivity contribution in [2.45, 2.75) is 39.5 Å². The van der Waals surface area contributed by atoms with Gasteiger partial charge in [0.05, 0.1) is 13.2 Å². The van der Waals surface area contributed by atoms with Crippen molar-refractivity contribution in [2.75, 3.05) is 13.2 Å². The van der Waals surface area contributed by atoms with E-state index >= 15 is 0 Å². The normalized spacial score (nSPS) is 11.1. The summed E-state index contributed by atoms with van der Waals surface area (Å²) in [6.07, 6.45) is 3.44. The third-order valence-corrected chi connectivity index (χ3v) is 2.52. The molecule has 0 saturated heterocycles. The second kappa shape index (κ2) is 10.5. The molecular formula is C8H19CdO4P. The molecule has 4 nitrogen and oxygen atoms in total. The predicted molar refractivity (Wildman–Crippen MR) is 51.5 cm³/mol. The molecule has 0 amide bonds. The molecule has 0 fully saturated rings. The van der Waals surface area contributed by atoms with Gasteiger partial charge in [-0.3, -0.25) is 9.05 Å². The van der Waals surface area contributed by atoms with Crippen LogP contribution in [0, 0.1) is 0 Å². The molecule has 0 unspecified atom stereocenters. The molecule has 0 atom stereocenters. The van der Waals surface area contributed by atoms with Gasteiger partial charge in [-0.1, -0.05) is 26.7 Å². The van der Waals surface area contributed by atoms with Crippen LogP contribution in [0.5, 0.6) is 0 Å². The first-order valence-corrected chi connectivity index (χ1v) is 6.23. The summed E-state index contributed by atoms with van der Waals surface area (Å²) in [5.41, 5.74) is 0. The van der Waals surface area contributed by atoms with Gasteiger partial charge in [-0.2, -0.15) is 0 Å². The Bertz CT molecular complexity index is 151. The topological polar surface area (TPSA) is 55.8 Å². The SMILES string of the molecule is CCCCOP(=O)(O)OCCCC.[Cd]. The average Bonchev–Trinajstić information content (AvgIpc) is 2.05. The molecule has 0 aliphatic heterocycles. The zero-order valence-electron chi connectivity index (χ0n) is 9.07. The molecule has 0 saturated carbocycles. The van der Waals surface area contributed by atoms with Crippen molar-refractivity contribution in [3.05, 3.63) is 0 Å². The van der Waals surface area contributed by atoms with Crippen molar-refractivity contribution in [3.63, 3.8) is 0 Å². The van der Waals surface area contributed by atoms with Crippen LogP contribution < -0.4 is 0 Å². The van der Waals surface area contributed by atoms with Crippen LogP contribution in [0.1, 0.15) is 39.5 Å². The van der Waals surface area contributed by atoms with E-state index in [2.05, 4.69) is 0 Å². The van der Waals surface area contributed by atoms with Gasteiger partial charge in [0.1, 0.15) is 0 Å². The molecule has 6 heteroatoms. The number of phosphoric ester groups is 1. The summed E-state index contributed by atoms with van der Waals surface area (Å²) in [7, 11) is -3.75. The van der Waals surface area contributed by atoms with Crippen LogP contribution in [0.15, 0.2) is 0 Å². The van der Waals surface area contributed by atoms with E-state index < -0.39 is 7.82 Å². The molecule has 82 valence electrons. The average molecular weight is 323 g/mol. The van der Waals surface area contributed by atoms with E-state index in [9.17, 15) is 4.57 Å². The van der Waals surface area contributed by atoms with Crippen molar-refractivity contribution in [2.24, 2.45) is 0 Å². The molecule has 0 aliphatic rings. The molecule has 0 aromatic rings. The summed E-state index contributed by atoms with van der Waals surface area (Å²) in [6, 6.07) is 0. The molecule has 0 bridgehead atoms. The van der Waals surface area contributed by atoms with Gasteiger partial charge in [0.15, 0.2) is 0 Å². The summed E-state index contributed by atoms with van der Waals surface area (Å²) >= 11 is 0. The zero-order chi connectivity index (χ0) is 10.2. The van der Waals surface area contributed by atoms with Crippen LogP contribution in [0.4, 0.5) is 0 Å². The first-order valence-electron chi connectivity index (χ1n) is 4.74. The fraction of sp³-hybridized carbons (Fsp3) is 1.00. The molecule has 0 rings (SSSR count). The van der Waals surface area contributed by atoms with Crippen molar-refractivity contribution in [3.8, 4) is 0 Å². The first kappa shape index (κ1) is 17.4. The van der Waals surface area contributed by atoms with Gasteiger partial charge >= 0.3 is 7.82 Å². The van der Waals surface area contributed by atoms with Gasteiger partial charge in [-0.15, -0.1) is 0 Å². The smallest absolute Gasteiger partial charge is 0.302 e. The van der Waals surface area contributed by atoms with Crippen LogP contribution in [-0.2, 0) is 40.9 Å². The maximum Gasteiger partial charge on any atom is 0.472 e. The Morgan fingerprint density at radius 1 is 1.07 bits per heavy atom. The van der Waals surface area contributed by atoms with Crippen molar-refractivity contribution in [1.29, 1.82) is 0 Å². The fourth-order valence-electron chi connectivity index (χ4n) is 0.686. The van der Waals surface area contributed by atoms with Crippen LogP contribution >= 0.6 is 7.82 Å². The van der Waals surface area contributed by atoms with E-state index in [-0.39, 0.29) is 40.5 Å². The standard InChI is InChI=1S/C8H19O4P.Cd/c1-3-5-7-11-13(9,10)12-8-6-4-2;/h3-8H2,1-2H3,(H,9,10);. The van der Waals surface area contributed by atoms with Crippen molar-refractivity contribution >= 4 is 7.82 Å². The summed E-state index contributed by atoms with van der Waals surface area (Å²) in [4.78, 5) is 9.08. The third kappa shape index (κ3) is 11.1. The van der Waals surface area contributed by atoms with Gasteiger partial charge in [0.25, 0.3) is 0 Å².